The topological polar surface area (TPSA) is 41.6 Å². The monoisotopic (exact) mass is 286 g/mol. The molecule has 0 bridgehead atoms. The first-order valence-corrected chi connectivity index (χ1v) is 6.64. The number of carbonyl (C=O) groups is 1. The van der Waals surface area contributed by atoms with Gasteiger partial charge in [-0.2, -0.15) is 0 Å². The molecule has 0 fully saturated rings. The largest absolute Gasteiger partial charge is 0.497 e. The van der Waals surface area contributed by atoms with E-state index in [0.717, 1.165) is 11.4 Å². The van der Waals surface area contributed by atoms with Crippen LogP contribution in [0.5, 0.6) is 5.75 Å². The van der Waals surface area contributed by atoms with Gasteiger partial charge in [-0.05, 0) is 18.2 Å². The molecule has 5 heteroatoms. The van der Waals surface area contributed by atoms with E-state index >= 15 is 0 Å². The van der Waals surface area contributed by atoms with Crippen LogP contribution in [0.25, 0.3) is 0 Å². The zero-order chi connectivity index (χ0) is 14.8. The Morgan fingerprint density at radius 3 is 2.86 bits per heavy atom. The number of nitrogens with zero attached hydrogens (tertiary/aromatic N) is 1. The molecular weight excluding hydrogens is 271 g/mol. The highest BCUT2D eigenvalue weighted by atomic mass is 19.1. The summed E-state index contributed by atoms with van der Waals surface area (Å²) < 4.78 is 19.0. The van der Waals surface area contributed by atoms with Crippen LogP contribution in [0.1, 0.15) is 5.56 Å². The molecule has 0 saturated carbocycles. The SMILES string of the molecule is COc1ccc(CN2C(=O)CNc3ccccc32)c(F)c1. The van der Waals surface area contributed by atoms with Gasteiger partial charge in [0.05, 0.1) is 31.6 Å². The third-order valence-corrected chi connectivity index (χ3v) is 3.51. The van der Waals surface area contributed by atoms with Crippen LogP contribution in [0.2, 0.25) is 0 Å². The van der Waals surface area contributed by atoms with Crippen LogP contribution in [0.4, 0.5) is 15.8 Å². The van der Waals surface area contributed by atoms with E-state index in [1.165, 1.54) is 13.2 Å². The number of fused-ring (bicyclic) bond motifs is 1. The lowest BCUT2D eigenvalue weighted by molar-refractivity contribution is -0.117. The highest BCUT2D eigenvalue weighted by Gasteiger charge is 2.24. The molecule has 0 radical (unpaired) electrons. The van der Waals surface area contributed by atoms with Crippen molar-refractivity contribution in [2.75, 3.05) is 23.9 Å². The maximum Gasteiger partial charge on any atom is 0.246 e. The number of anilines is 2. The average Bonchev–Trinajstić information content (AvgIpc) is 2.51. The predicted octanol–water partition coefficient (Wildman–Crippen LogP) is 2.79. The summed E-state index contributed by atoms with van der Waals surface area (Å²) >= 11 is 0. The lowest BCUT2D eigenvalue weighted by Gasteiger charge is -2.30. The molecule has 1 N–H and O–H groups in total. The first kappa shape index (κ1) is 13.4. The molecule has 0 aromatic heterocycles. The van der Waals surface area contributed by atoms with Crippen LogP contribution in [0.15, 0.2) is 42.5 Å². The van der Waals surface area contributed by atoms with E-state index in [0.29, 0.717) is 11.3 Å². The van der Waals surface area contributed by atoms with Crippen molar-refractivity contribution < 1.29 is 13.9 Å². The first-order chi connectivity index (χ1) is 10.2. The summed E-state index contributed by atoms with van der Waals surface area (Å²) in [6.07, 6.45) is 0. The van der Waals surface area contributed by atoms with E-state index in [2.05, 4.69) is 5.32 Å². The number of hydrogen-bond acceptors (Lipinski definition) is 3. The Labute approximate surface area is 122 Å². The van der Waals surface area contributed by atoms with E-state index in [4.69, 9.17) is 4.74 Å². The molecule has 2 aromatic rings. The Bertz CT molecular complexity index is 688. The summed E-state index contributed by atoms with van der Waals surface area (Å²) in [7, 11) is 1.49. The van der Waals surface area contributed by atoms with Crippen molar-refractivity contribution in [1.29, 1.82) is 0 Å². The zero-order valence-electron chi connectivity index (χ0n) is 11.6. The van der Waals surface area contributed by atoms with E-state index in [-0.39, 0.29) is 24.8 Å². The second-order valence-electron chi connectivity index (χ2n) is 4.81. The van der Waals surface area contributed by atoms with Gasteiger partial charge in [-0.1, -0.05) is 18.2 Å². The summed E-state index contributed by atoms with van der Waals surface area (Å²) in [6.45, 7) is 0.419. The van der Waals surface area contributed by atoms with E-state index in [1.807, 2.05) is 24.3 Å². The van der Waals surface area contributed by atoms with Gasteiger partial charge in [0, 0.05) is 11.6 Å². The lowest BCUT2D eigenvalue weighted by Crippen LogP contribution is -2.39. The minimum absolute atomic E-state index is 0.0797. The van der Waals surface area contributed by atoms with Gasteiger partial charge < -0.3 is 15.0 Å². The van der Waals surface area contributed by atoms with Crippen molar-refractivity contribution in [3.63, 3.8) is 0 Å². The average molecular weight is 286 g/mol. The molecule has 1 aliphatic heterocycles. The van der Waals surface area contributed by atoms with E-state index < -0.39 is 0 Å². The number of benzene rings is 2. The van der Waals surface area contributed by atoms with Crippen LogP contribution in [0.3, 0.4) is 0 Å². The fourth-order valence-electron chi connectivity index (χ4n) is 2.39. The van der Waals surface area contributed by atoms with Crippen molar-refractivity contribution in [1.82, 2.24) is 0 Å². The van der Waals surface area contributed by atoms with Gasteiger partial charge in [0.2, 0.25) is 5.91 Å². The fourth-order valence-corrected chi connectivity index (χ4v) is 2.39. The molecule has 4 nitrogen and oxygen atoms in total. The quantitative estimate of drug-likeness (QED) is 0.943. The van der Waals surface area contributed by atoms with E-state index in [1.54, 1.807) is 17.0 Å². The van der Waals surface area contributed by atoms with Gasteiger partial charge in [-0.25, -0.2) is 4.39 Å². The number of rotatable bonds is 3. The number of amides is 1. The number of halogens is 1. The molecule has 1 amide bonds. The third kappa shape index (κ3) is 2.54. The number of carbonyl (C=O) groups excluding carboxylic acids is 1. The van der Waals surface area contributed by atoms with Crippen LogP contribution in [-0.4, -0.2) is 19.6 Å². The lowest BCUT2D eigenvalue weighted by atomic mass is 10.1. The molecular formula is C16H15FN2O2. The predicted molar refractivity (Wildman–Crippen MR) is 79.1 cm³/mol. The number of methoxy groups -OCH3 is 1. The normalized spacial score (nSPS) is 13.6. The summed E-state index contributed by atoms with van der Waals surface area (Å²) in [6, 6.07) is 12.2. The molecule has 0 atom stereocenters. The molecule has 0 spiro atoms. The van der Waals surface area contributed by atoms with E-state index in [9.17, 15) is 9.18 Å². The van der Waals surface area contributed by atoms with Gasteiger partial charge in [-0.15, -0.1) is 0 Å². The first-order valence-electron chi connectivity index (χ1n) is 6.64. The third-order valence-electron chi connectivity index (χ3n) is 3.51. The summed E-state index contributed by atoms with van der Waals surface area (Å²) in [5, 5.41) is 3.06. The van der Waals surface area contributed by atoms with Gasteiger partial charge in [-0.3, -0.25) is 4.79 Å². The standard InChI is InChI=1S/C16H15FN2O2/c1-21-12-7-6-11(13(17)8-12)10-19-15-5-3-2-4-14(15)18-9-16(19)20/h2-8,18H,9-10H2,1H3. The molecule has 2 aromatic carbocycles. The number of ether oxygens (including phenoxy) is 1. The molecule has 21 heavy (non-hydrogen) atoms. The maximum atomic E-state index is 14.1. The second kappa shape index (κ2) is 5.44. The Balaban J connectivity index is 1.92. The van der Waals surface area contributed by atoms with Gasteiger partial charge >= 0.3 is 0 Å². The van der Waals surface area contributed by atoms with Crippen molar-refractivity contribution in [2.45, 2.75) is 6.54 Å². The molecule has 1 aliphatic rings. The van der Waals surface area contributed by atoms with Crippen molar-refractivity contribution in [3.05, 3.63) is 53.8 Å². The summed E-state index contributed by atoms with van der Waals surface area (Å²) in [4.78, 5) is 13.7. The fraction of sp³-hybridized carbons (Fsp3) is 0.188. The van der Waals surface area contributed by atoms with Crippen LogP contribution in [0, 0.1) is 5.82 Å². The Kier molecular flexibility index (Phi) is 3.48. The highest BCUT2D eigenvalue weighted by molar-refractivity contribution is 6.02. The number of hydrogen-bond donors (Lipinski definition) is 1. The zero-order valence-corrected chi connectivity index (χ0v) is 11.6. The molecule has 3 rings (SSSR count). The molecule has 1 heterocycles. The summed E-state index contributed by atoms with van der Waals surface area (Å²) in [5.74, 6) is 0.00497. The van der Waals surface area contributed by atoms with Gasteiger partial charge in [0.25, 0.3) is 0 Å². The van der Waals surface area contributed by atoms with Gasteiger partial charge in [0.15, 0.2) is 0 Å². The minimum atomic E-state index is -0.377. The molecule has 108 valence electrons. The van der Waals surface area contributed by atoms with Crippen LogP contribution < -0.4 is 15.0 Å². The van der Waals surface area contributed by atoms with Crippen molar-refractivity contribution in [3.8, 4) is 5.75 Å². The highest BCUT2D eigenvalue weighted by Crippen LogP contribution is 2.30. The van der Waals surface area contributed by atoms with Crippen LogP contribution in [-0.2, 0) is 11.3 Å². The minimum Gasteiger partial charge on any atom is -0.497 e. The van der Waals surface area contributed by atoms with Crippen molar-refractivity contribution in [2.24, 2.45) is 0 Å². The Morgan fingerprint density at radius 2 is 2.10 bits per heavy atom. The van der Waals surface area contributed by atoms with Gasteiger partial charge in [0.1, 0.15) is 11.6 Å². The smallest absolute Gasteiger partial charge is 0.246 e. The maximum absolute atomic E-state index is 14.1. The summed E-state index contributed by atoms with van der Waals surface area (Å²) in [5.41, 5.74) is 2.11. The molecule has 0 unspecified atom stereocenters. The van der Waals surface area contributed by atoms with Crippen LogP contribution >= 0.6 is 0 Å². The number of nitrogens with one attached hydrogen (secondary N) is 1. The number of para-hydroxylation sites is 2. The Hall–Kier alpha value is -2.56. The molecule has 0 aliphatic carbocycles. The second-order valence-corrected chi connectivity index (χ2v) is 4.81. The van der Waals surface area contributed by atoms with Crippen molar-refractivity contribution >= 4 is 17.3 Å². The molecule has 0 saturated heterocycles. The Morgan fingerprint density at radius 1 is 1.29 bits per heavy atom.